The van der Waals surface area contributed by atoms with E-state index in [1.165, 1.54) is 13.5 Å². The number of likely N-dealkylation sites (tertiary alicyclic amines) is 1. The lowest BCUT2D eigenvalue weighted by molar-refractivity contribution is 0.115. The number of nitrogens with zero attached hydrogens (tertiary/aromatic N) is 1. The van der Waals surface area contributed by atoms with Crippen LogP contribution in [0.3, 0.4) is 0 Å². The highest BCUT2D eigenvalue weighted by atomic mass is 16.5. The summed E-state index contributed by atoms with van der Waals surface area (Å²) in [5.74, 6) is 0.628. The quantitative estimate of drug-likeness (QED) is 0.470. The summed E-state index contributed by atoms with van der Waals surface area (Å²) >= 11 is 0. The van der Waals surface area contributed by atoms with Crippen molar-refractivity contribution in [2.45, 2.75) is 18.7 Å². The Balaban J connectivity index is 2.39. The Hall–Kier alpha value is -0.665. The van der Waals surface area contributed by atoms with E-state index in [0.717, 1.165) is 19.5 Å². The van der Waals surface area contributed by atoms with Gasteiger partial charge in [0.05, 0.1) is 7.11 Å². The molecule has 0 bridgehead atoms. The van der Waals surface area contributed by atoms with E-state index in [9.17, 15) is 4.79 Å². The number of methoxy groups -OCH3 is 1. The van der Waals surface area contributed by atoms with Gasteiger partial charge in [0.1, 0.15) is 7.85 Å². The fourth-order valence-corrected chi connectivity index (χ4v) is 1.48. The minimum atomic E-state index is -0.184. The van der Waals surface area contributed by atoms with Crippen molar-refractivity contribution in [3.05, 3.63) is 0 Å². The molecule has 0 aromatic carbocycles. The minimum absolute atomic E-state index is 0.184. The minimum Gasteiger partial charge on any atom is -0.453 e. The van der Waals surface area contributed by atoms with E-state index in [1.54, 1.807) is 4.90 Å². The lowest BCUT2D eigenvalue weighted by Gasteiger charge is -2.29. The van der Waals surface area contributed by atoms with Crippen molar-refractivity contribution in [2.24, 2.45) is 0 Å². The molecule has 0 aromatic heterocycles. The second-order valence-corrected chi connectivity index (χ2v) is 3.16. The molecule has 1 atom stereocenters. The van der Waals surface area contributed by atoms with Crippen molar-refractivity contribution >= 4 is 13.9 Å². The molecule has 0 radical (unpaired) electrons. The largest absolute Gasteiger partial charge is 0.453 e. The van der Waals surface area contributed by atoms with Crippen LogP contribution < -0.4 is 0 Å². The standard InChI is InChI=1S/C7H14BNO2/c1-11-7(10)9-4-2-3-6(8)5-9/h6H,2-5,8H2,1H3. The van der Waals surface area contributed by atoms with Gasteiger partial charge in [-0.2, -0.15) is 0 Å². The van der Waals surface area contributed by atoms with E-state index in [4.69, 9.17) is 0 Å². The number of carbonyl (C=O) groups excluding carboxylic acids is 1. The molecule has 1 unspecified atom stereocenters. The molecule has 4 heteroatoms. The molecule has 1 heterocycles. The molecule has 1 amide bonds. The van der Waals surface area contributed by atoms with Gasteiger partial charge in [0.25, 0.3) is 0 Å². The summed E-state index contributed by atoms with van der Waals surface area (Å²) in [4.78, 5) is 12.8. The topological polar surface area (TPSA) is 29.5 Å². The third-order valence-corrected chi connectivity index (χ3v) is 2.09. The monoisotopic (exact) mass is 155 g/mol. The van der Waals surface area contributed by atoms with E-state index in [1.807, 2.05) is 0 Å². The first-order valence-electron chi connectivity index (χ1n) is 4.07. The maximum atomic E-state index is 11.0. The smallest absolute Gasteiger partial charge is 0.409 e. The first-order chi connectivity index (χ1) is 5.24. The first kappa shape index (κ1) is 8.43. The highest BCUT2D eigenvalue weighted by Gasteiger charge is 2.20. The highest BCUT2D eigenvalue weighted by Crippen LogP contribution is 2.18. The average Bonchev–Trinajstić information content (AvgIpc) is 2.03. The zero-order valence-corrected chi connectivity index (χ0v) is 7.17. The van der Waals surface area contributed by atoms with Crippen molar-refractivity contribution in [3.63, 3.8) is 0 Å². The molecule has 0 N–H and O–H groups in total. The SMILES string of the molecule is BC1CCCN(C(=O)OC)C1. The predicted octanol–water partition coefficient (Wildman–Crippen LogP) is 0.270. The van der Waals surface area contributed by atoms with Crippen molar-refractivity contribution in [1.82, 2.24) is 4.90 Å². The molecule has 1 aliphatic rings. The first-order valence-corrected chi connectivity index (χ1v) is 4.07. The summed E-state index contributed by atoms with van der Waals surface area (Å²) in [6, 6.07) is 0. The number of hydrogen-bond donors (Lipinski definition) is 0. The molecule has 0 aliphatic carbocycles. The highest BCUT2D eigenvalue weighted by molar-refractivity contribution is 6.11. The summed E-state index contributed by atoms with van der Waals surface area (Å²) in [6.45, 7) is 1.71. The molecule has 1 saturated heterocycles. The lowest BCUT2D eigenvalue weighted by atomic mass is 9.81. The Bertz CT molecular complexity index is 151. The van der Waals surface area contributed by atoms with Gasteiger partial charge < -0.3 is 9.64 Å². The van der Waals surface area contributed by atoms with Gasteiger partial charge in [0.2, 0.25) is 0 Å². The van der Waals surface area contributed by atoms with Gasteiger partial charge in [-0.1, -0.05) is 12.2 Å². The summed E-state index contributed by atoms with van der Waals surface area (Å²) in [5, 5.41) is 0. The van der Waals surface area contributed by atoms with Gasteiger partial charge in [-0.25, -0.2) is 4.79 Å². The number of amides is 1. The van der Waals surface area contributed by atoms with Gasteiger partial charge in [0, 0.05) is 13.1 Å². The van der Waals surface area contributed by atoms with Crippen LogP contribution in [0, 0.1) is 0 Å². The van der Waals surface area contributed by atoms with E-state index < -0.39 is 0 Å². The van der Waals surface area contributed by atoms with Crippen LogP contribution in [0.25, 0.3) is 0 Å². The summed E-state index contributed by atoms with van der Waals surface area (Å²) in [7, 11) is 3.59. The fraction of sp³-hybridized carbons (Fsp3) is 0.857. The Kier molecular flexibility index (Phi) is 2.80. The molecule has 3 nitrogen and oxygen atoms in total. The van der Waals surface area contributed by atoms with E-state index in [2.05, 4.69) is 12.6 Å². The van der Waals surface area contributed by atoms with E-state index in [-0.39, 0.29) is 6.09 Å². The second kappa shape index (κ2) is 3.65. The Morgan fingerprint density at radius 2 is 2.45 bits per heavy atom. The van der Waals surface area contributed by atoms with Crippen LogP contribution in [0.5, 0.6) is 0 Å². The second-order valence-electron chi connectivity index (χ2n) is 3.16. The number of piperidine rings is 1. The molecule has 62 valence electrons. The van der Waals surface area contributed by atoms with Crippen molar-refractivity contribution < 1.29 is 9.53 Å². The lowest BCUT2D eigenvalue weighted by Crippen LogP contribution is -2.37. The number of ether oxygens (including phenoxy) is 1. The number of carbonyl (C=O) groups is 1. The van der Waals surface area contributed by atoms with Crippen molar-refractivity contribution in [2.75, 3.05) is 20.2 Å². The zero-order valence-electron chi connectivity index (χ0n) is 7.17. The fourth-order valence-electron chi connectivity index (χ4n) is 1.48. The molecule has 11 heavy (non-hydrogen) atoms. The van der Waals surface area contributed by atoms with Crippen LogP contribution in [0.2, 0.25) is 5.82 Å². The van der Waals surface area contributed by atoms with Gasteiger partial charge in [-0.3, -0.25) is 0 Å². The molecular formula is C7H14BNO2. The van der Waals surface area contributed by atoms with Gasteiger partial charge >= 0.3 is 6.09 Å². The summed E-state index contributed by atoms with van der Waals surface area (Å²) < 4.78 is 4.62. The Labute approximate surface area is 68.1 Å². The number of rotatable bonds is 0. The molecule has 0 aromatic rings. The summed E-state index contributed by atoms with van der Waals surface area (Å²) in [6.07, 6.45) is 2.15. The normalized spacial score (nSPS) is 24.8. The van der Waals surface area contributed by atoms with Gasteiger partial charge in [-0.05, 0) is 6.42 Å². The number of hydrogen-bond acceptors (Lipinski definition) is 2. The molecule has 1 fully saturated rings. The van der Waals surface area contributed by atoms with Crippen LogP contribution >= 0.6 is 0 Å². The molecule has 1 aliphatic heterocycles. The third-order valence-electron chi connectivity index (χ3n) is 2.09. The molecule has 1 rings (SSSR count). The van der Waals surface area contributed by atoms with Gasteiger partial charge in [-0.15, -0.1) is 0 Å². The van der Waals surface area contributed by atoms with Crippen molar-refractivity contribution in [1.29, 1.82) is 0 Å². The van der Waals surface area contributed by atoms with Crippen LogP contribution in [-0.4, -0.2) is 39.0 Å². The van der Waals surface area contributed by atoms with Crippen LogP contribution in [0.1, 0.15) is 12.8 Å². The maximum absolute atomic E-state index is 11.0. The molecule has 0 saturated carbocycles. The van der Waals surface area contributed by atoms with E-state index >= 15 is 0 Å². The van der Waals surface area contributed by atoms with E-state index in [0.29, 0.717) is 5.82 Å². The van der Waals surface area contributed by atoms with Crippen LogP contribution in [0.15, 0.2) is 0 Å². The average molecular weight is 155 g/mol. The van der Waals surface area contributed by atoms with Crippen LogP contribution in [-0.2, 0) is 4.74 Å². The Morgan fingerprint density at radius 1 is 1.73 bits per heavy atom. The molecular weight excluding hydrogens is 141 g/mol. The summed E-state index contributed by atoms with van der Waals surface area (Å²) in [5.41, 5.74) is 0. The zero-order chi connectivity index (χ0) is 8.27. The predicted molar refractivity (Wildman–Crippen MR) is 45.5 cm³/mol. The third kappa shape index (κ3) is 2.14. The maximum Gasteiger partial charge on any atom is 0.409 e. The van der Waals surface area contributed by atoms with Crippen LogP contribution in [0.4, 0.5) is 4.79 Å². The van der Waals surface area contributed by atoms with Crippen molar-refractivity contribution in [3.8, 4) is 0 Å². The van der Waals surface area contributed by atoms with Gasteiger partial charge in [0.15, 0.2) is 0 Å². The Morgan fingerprint density at radius 3 is 3.00 bits per heavy atom. The molecule has 0 spiro atoms.